The van der Waals surface area contributed by atoms with Gasteiger partial charge in [-0.2, -0.15) is 0 Å². The maximum atomic E-state index is 12.2. The number of hydrogen-bond donors (Lipinski definition) is 2. The van der Waals surface area contributed by atoms with E-state index in [0.29, 0.717) is 25.9 Å². The molecule has 0 aliphatic heterocycles. The van der Waals surface area contributed by atoms with Crippen LogP contribution in [0.25, 0.3) is 0 Å². The van der Waals surface area contributed by atoms with E-state index in [-0.39, 0.29) is 11.8 Å². The van der Waals surface area contributed by atoms with Crippen LogP contribution in [0.15, 0.2) is 24.3 Å². The van der Waals surface area contributed by atoms with Crippen LogP contribution in [0.1, 0.15) is 153 Å². The minimum absolute atomic E-state index is 0.137. The first-order chi connectivity index (χ1) is 17.7. The van der Waals surface area contributed by atoms with Gasteiger partial charge in [-0.3, -0.25) is 9.59 Å². The summed E-state index contributed by atoms with van der Waals surface area (Å²) >= 11 is 0. The average Bonchev–Trinajstić information content (AvgIpc) is 2.89. The summed E-state index contributed by atoms with van der Waals surface area (Å²) in [6, 6.07) is 8.15. The molecule has 1 aromatic carbocycles. The number of carbonyl (C=O) groups is 2. The van der Waals surface area contributed by atoms with Crippen LogP contribution in [0.3, 0.4) is 0 Å². The number of unbranched alkanes of at least 4 members (excludes halogenated alkanes) is 16. The molecular weight excluding hydrogens is 444 g/mol. The fourth-order valence-corrected chi connectivity index (χ4v) is 4.62. The Morgan fingerprint density at radius 1 is 0.528 bits per heavy atom. The van der Waals surface area contributed by atoms with Crippen LogP contribution in [0.5, 0.6) is 0 Å². The number of nitrogens with one attached hydrogen (secondary N) is 2. The van der Waals surface area contributed by atoms with Gasteiger partial charge in [-0.05, 0) is 24.0 Å². The Labute approximate surface area is 222 Å². The van der Waals surface area contributed by atoms with Crippen molar-refractivity contribution < 1.29 is 9.59 Å². The Kier molecular flexibility index (Phi) is 21.1. The van der Waals surface area contributed by atoms with Gasteiger partial charge in [0.1, 0.15) is 0 Å². The molecule has 2 amide bonds. The van der Waals surface area contributed by atoms with Crippen molar-refractivity contribution >= 4 is 11.8 Å². The summed E-state index contributed by atoms with van der Waals surface area (Å²) in [6.07, 6.45) is 24.0. The van der Waals surface area contributed by atoms with Gasteiger partial charge in [0.15, 0.2) is 0 Å². The Morgan fingerprint density at radius 2 is 0.861 bits per heavy atom. The zero-order chi connectivity index (χ0) is 26.1. The molecule has 1 aromatic rings. The molecule has 0 heterocycles. The summed E-state index contributed by atoms with van der Waals surface area (Å²) in [5.74, 6) is 0.273. The molecule has 0 atom stereocenters. The van der Waals surface area contributed by atoms with Crippen molar-refractivity contribution in [3.63, 3.8) is 0 Å². The van der Waals surface area contributed by atoms with Gasteiger partial charge in [0.05, 0.1) is 0 Å². The lowest BCUT2D eigenvalue weighted by Gasteiger charge is -2.09. The summed E-state index contributed by atoms with van der Waals surface area (Å²) < 4.78 is 0. The Bertz CT molecular complexity index is 621. The molecule has 2 N–H and O–H groups in total. The molecule has 4 heteroatoms. The van der Waals surface area contributed by atoms with Crippen molar-refractivity contribution in [1.82, 2.24) is 10.6 Å². The van der Waals surface area contributed by atoms with Crippen molar-refractivity contribution in [1.29, 1.82) is 0 Å². The quantitative estimate of drug-likeness (QED) is 0.139. The van der Waals surface area contributed by atoms with E-state index < -0.39 is 0 Å². The van der Waals surface area contributed by atoms with Crippen LogP contribution in [-0.2, 0) is 22.7 Å². The van der Waals surface area contributed by atoms with Gasteiger partial charge in [0.2, 0.25) is 11.8 Å². The second-order valence-electron chi connectivity index (χ2n) is 10.5. The third kappa shape index (κ3) is 19.4. The predicted octanol–water partition coefficient (Wildman–Crippen LogP) is 8.76. The van der Waals surface area contributed by atoms with E-state index in [9.17, 15) is 9.59 Å². The van der Waals surface area contributed by atoms with Crippen molar-refractivity contribution in [2.75, 3.05) is 0 Å². The molecule has 1 rings (SSSR count). The minimum Gasteiger partial charge on any atom is -0.352 e. The largest absolute Gasteiger partial charge is 0.352 e. The Hall–Kier alpha value is -1.84. The van der Waals surface area contributed by atoms with Crippen molar-refractivity contribution in [2.45, 2.75) is 155 Å². The number of hydrogen-bond acceptors (Lipinski definition) is 2. The maximum Gasteiger partial charge on any atom is 0.220 e. The molecule has 0 saturated heterocycles. The zero-order valence-corrected chi connectivity index (χ0v) is 23.7. The zero-order valence-electron chi connectivity index (χ0n) is 23.7. The van der Waals surface area contributed by atoms with E-state index in [1.807, 2.05) is 18.2 Å². The lowest BCUT2D eigenvalue weighted by Crippen LogP contribution is -2.23. The molecule has 0 saturated carbocycles. The summed E-state index contributed by atoms with van der Waals surface area (Å²) in [6.45, 7) is 5.61. The van der Waals surface area contributed by atoms with Gasteiger partial charge in [-0.15, -0.1) is 0 Å². The van der Waals surface area contributed by atoms with Gasteiger partial charge >= 0.3 is 0 Å². The monoisotopic (exact) mass is 500 g/mol. The highest BCUT2D eigenvalue weighted by Crippen LogP contribution is 2.12. The van der Waals surface area contributed by atoms with Crippen molar-refractivity contribution in [3.05, 3.63) is 35.4 Å². The van der Waals surface area contributed by atoms with Crippen LogP contribution >= 0.6 is 0 Å². The Morgan fingerprint density at radius 3 is 1.22 bits per heavy atom. The fourth-order valence-electron chi connectivity index (χ4n) is 4.62. The van der Waals surface area contributed by atoms with E-state index >= 15 is 0 Å². The van der Waals surface area contributed by atoms with Gasteiger partial charge < -0.3 is 10.6 Å². The molecule has 0 radical (unpaired) electrons. The Balaban J connectivity index is 2.07. The normalized spacial score (nSPS) is 10.9. The van der Waals surface area contributed by atoms with E-state index in [0.717, 1.165) is 36.8 Å². The van der Waals surface area contributed by atoms with Gasteiger partial charge in [-0.25, -0.2) is 0 Å². The lowest BCUT2D eigenvalue weighted by atomic mass is 10.1. The van der Waals surface area contributed by atoms with Crippen LogP contribution in [0, 0.1) is 0 Å². The number of carbonyl (C=O) groups excluding carboxylic acids is 2. The highest BCUT2D eigenvalue weighted by atomic mass is 16.2. The first-order valence-electron chi connectivity index (χ1n) is 15.3. The maximum absolute atomic E-state index is 12.2. The second-order valence-corrected chi connectivity index (χ2v) is 10.5. The summed E-state index contributed by atoms with van der Waals surface area (Å²) in [7, 11) is 0. The van der Waals surface area contributed by atoms with Gasteiger partial charge in [-0.1, -0.05) is 141 Å². The van der Waals surface area contributed by atoms with E-state index in [1.165, 1.54) is 89.9 Å². The van der Waals surface area contributed by atoms with E-state index in [2.05, 4.69) is 30.5 Å². The molecule has 0 aromatic heterocycles. The van der Waals surface area contributed by atoms with Crippen molar-refractivity contribution in [2.24, 2.45) is 0 Å². The van der Waals surface area contributed by atoms with E-state index in [4.69, 9.17) is 0 Å². The summed E-state index contributed by atoms with van der Waals surface area (Å²) in [5.41, 5.74) is 2.17. The minimum atomic E-state index is 0.137. The molecule has 0 fully saturated rings. The molecule has 0 aliphatic carbocycles. The first kappa shape index (κ1) is 32.2. The molecule has 0 bridgehead atoms. The SMILES string of the molecule is CCCCCCCCCCCC(=O)NCc1cccc(CNC(=O)CCCCCCCCCCC)c1. The fraction of sp³-hybridized carbons (Fsp3) is 0.750. The third-order valence-electron chi connectivity index (χ3n) is 6.99. The van der Waals surface area contributed by atoms with Crippen LogP contribution in [0.4, 0.5) is 0 Å². The number of benzene rings is 1. The predicted molar refractivity (Wildman–Crippen MR) is 154 cm³/mol. The van der Waals surface area contributed by atoms with Crippen LogP contribution in [0.2, 0.25) is 0 Å². The second kappa shape index (κ2) is 23.6. The molecule has 0 spiro atoms. The standard InChI is InChI=1S/C32H56N2O2/c1-3-5-7-9-11-13-15-17-19-24-31(35)33-27-29-22-21-23-30(26-29)28-34-32(36)25-20-18-16-14-12-10-8-6-4-2/h21-23,26H,3-20,24-25,27-28H2,1-2H3,(H,33,35)(H,34,36). The highest BCUT2D eigenvalue weighted by Gasteiger charge is 2.04. The first-order valence-corrected chi connectivity index (χ1v) is 15.3. The average molecular weight is 501 g/mol. The summed E-state index contributed by atoms with van der Waals surface area (Å²) in [4.78, 5) is 24.4. The smallest absolute Gasteiger partial charge is 0.220 e. The van der Waals surface area contributed by atoms with Gasteiger partial charge in [0.25, 0.3) is 0 Å². The molecule has 4 nitrogen and oxygen atoms in total. The third-order valence-corrected chi connectivity index (χ3v) is 6.99. The molecule has 36 heavy (non-hydrogen) atoms. The van der Waals surface area contributed by atoms with Gasteiger partial charge in [0, 0.05) is 25.9 Å². The lowest BCUT2D eigenvalue weighted by molar-refractivity contribution is -0.122. The topological polar surface area (TPSA) is 58.2 Å². The van der Waals surface area contributed by atoms with Crippen LogP contribution in [-0.4, -0.2) is 11.8 Å². The molecule has 0 unspecified atom stereocenters. The highest BCUT2D eigenvalue weighted by molar-refractivity contribution is 5.76. The van der Waals surface area contributed by atoms with Crippen molar-refractivity contribution in [3.8, 4) is 0 Å². The van der Waals surface area contributed by atoms with Crippen LogP contribution < -0.4 is 10.6 Å². The molecule has 0 aliphatic rings. The number of amides is 2. The number of rotatable bonds is 24. The van der Waals surface area contributed by atoms with E-state index in [1.54, 1.807) is 0 Å². The molecule has 206 valence electrons. The summed E-state index contributed by atoms with van der Waals surface area (Å²) in [5, 5.41) is 6.10. The molecular formula is C32H56N2O2.